The minimum atomic E-state index is -0.688. The van der Waals surface area contributed by atoms with Gasteiger partial charge in [-0.15, -0.1) is 0 Å². The van der Waals surface area contributed by atoms with Crippen molar-refractivity contribution >= 4 is 17.6 Å². The molecule has 0 spiro atoms. The number of benzene rings is 2. The van der Waals surface area contributed by atoms with Crippen LogP contribution in [0.4, 0.5) is 5.69 Å². The number of rotatable bonds is 7. The Morgan fingerprint density at radius 1 is 1.03 bits per heavy atom. The lowest BCUT2D eigenvalue weighted by Gasteiger charge is -2.22. The molecule has 3 rings (SSSR count). The summed E-state index contributed by atoms with van der Waals surface area (Å²) in [7, 11) is 1.63. The van der Waals surface area contributed by atoms with Crippen molar-refractivity contribution in [2.75, 3.05) is 39.9 Å². The molecule has 0 unspecified atom stereocenters. The van der Waals surface area contributed by atoms with Gasteiger partial charge in [-0.1, -0.05) is 12.1 Å². The lowest BCUT2D eigenvalue weighted by Crippen LogP contribution is -2.35. The number of nitrogens with zero attached hydrogens (tertiary/aromatic N) is 3. The molecule has 0 bridgehead atoms. The first-order valence-corrected chi connectivity index (χ1v) is 10.5. The van der Waals surface area contributed by atoms with Gasteiger partial charge in [-0.05, 0) is 37.1 Å². The van der Waals surface area contributed by atoms with Crippen molar-refractivity contribution in [1.82, 2.24) is 9.80 Å². The zero-order valence-electron chi connectivity index (χ0n) is 18.3. The average Bonchev–Trinajstić information content (AvgIpc) is 3.04. The Bertz CT molecular complexity index is 976. The van der Waals surface area contributed by atoms with E-state index in [9.17, 15) is 19.7 Å². The molecular formula is C23H27N3O6. The number of methoxy groups -OCH3 is 1. The topological polar surface area (TPSA) is 102 Å². The van der Waals surface area contributed by atoms with Gasteiger partial charge in [0.2, 0.25) is 0 Å². The molecular weight excluding hydrogens is 414 g/mol. The summed E-state index contributed by atoms with van der Waals surface area (Å²) in [5.74, 6) is -0.210. The Hall–Kier alpha value is -3.46. The summed E-state index contributed by atoms with van der Waals surface area (Å²) in [5, 5.41) is 11.3. The van der Waals surface area contributed by atoms with E-state index in [4.69, 9.17) is 9.47 Å². The number of non-ortho nitro benzene ring substituents is 1. The van der Waals surface area contributed by atoms with Crippen molar-refractivity contribution in [3.05, 3.63) is 69.3 Å². The van der Waals surface area contributed by atoms with Crippen LogP contribution in [0.25, 0.3) is 0 Å². The lowest BCUT2D eigenvalue weighted by molar-refractivity contribution is -0.384. The predicted molar refractivity (Wildman–Crippen MR) is 118 cm³/mol. The number of carbonyl (C=O) groups excluding carboxylic acids is 2. The van der Waals surface area contributed by atoms with Crippen LogP contribution in [0.2, 0.25) is 0 Å². The molecule has 170 valence electrons. The molecule has 0 saturated carbocycles. The number of carbonyl (C=O) groups is 2. The number of amides is 1. The first-order chi connectivity index (χ1) is 15.4. The van der Waals surface area contributed by atoms with Gasteiger partial charge in [-0.2, -0.15) is 0 Å². The van der Waals surface area contributed by atoms with E-state index in [1.807, 2.05) is 24.3 Å². The number of hydrogen-bond donors (Lipinski definition) is 0. The smallest absolute Gasteiger partial charge is 0.338 e. The van der Waals surface area contributed by atoms with E-state index >= 15 is 0 Å². The maximum atomic E-state index is 13.1. The standard InChI is InChI=1S/C23H27N3O6/c1-3-32-23(28)19-13-18(14-20(15-19)26(29)30)22(27)25-10-4-9-24(11-12-25)16-17-5-7-21(31-2)8-6-17/h5-8,13-15H,3-4,9-12,16H2,1-2H3. The van der Waals surface area contributed by atoms with Gasteiger partial charge in [-0.25, -0.2) is 4.79 Å². The number of nitro groups is 1. The Balaban J connectivity index is 1.70. The third-order valence-electron chi connectivity index (χ3n) is 5.33. The van der Waals surface area contributed by atoms with Crippen LogP contribution in [0.15, 0.2) is 42.5 Å². The van der Waals surface area contributed by atoms with Gasteiger partial charge >= 0.3 is 5.97 Å². The summed E-state index contributed by atoms with van der Waals surface area (Å²) in [6, 6.07) is 11.6. The zero-order chi connectivity index (χ0) is 23.1. The summed E-state index contributed by atoms with van der Waals surface area (Å²) in [4.78, 5) is 39.9. The van der Waals surface area contributed by atoms with Gasteiger partial charge in [0.05, 0.1) is 24.2 Å². The highest BCUT2D eigenvalue weighted by Crippen LogP contribution is 2.21. The van der Waals surface area contributed by atoms with Crippen molar-refractivity contribution in [3.8, 4) is 5.75 Å². The van der Waals surface area contributed by atoms with Crippen LogP contribution in [-0.2, 0) is 11.3 Å². The lowest BCUT2D eigenvalue weighted by atomic mass is 10.1. The largest absolute Gasteiger partial charge is 0.497 e. The van der Waals surface area contributed by atoms with Crippen LogP contribution in [0.3, 0.4) is 0 Å². The van der Waals surface area contributed by atoms with Crippen LogP contribution >= 0.6 is 0 Å². The molecule has 1 heterocycles. The van der Waals surface area contributed by atoms with Crippen LogP contribution in [0.1, 0.15) is 39.6 Å². The quantitative estimate of drug-likeness (QED) is 0.369. The Kier molecular flexibility index (Phi) is 7.77. The van der Waals surface area contributed by atoms with E-state index in [1.165, 1.54) is 12.1 Å². The van der Waals surface area contributed by atoms with Crippen molar-refractivity contribution in [3.63, 3.8) is 0 Å². The molecule has 1 fully saturated rings. The Labute approximate surface area is 186 Å². The molecule has 0 radical (unpaired) electrons. The Morgan fingerprint density at radius 3 is 2.41 bits per heavy atom. The highest BCUT2D eigenvalue weighted by molar-refractivity contribution is 5.99. The van der Waals surface area contributed by atoms with Crippen molar-refractivity contribution < 1.29 is 24.0 Å². The van der Waals surface area contributed by atoms with Crippen molar-refractivity contribution in [2.45, 2.75) is 19.9 Å². The second-order valence-corrected chi connectivity index (χ2v) is 7.52. The van der Waals surface area contributed by atoms with E-state index in [2.05, 4.69) is 4.90 Å². The zero-order valence-corrected chi connectivity index (χ0v) is 18.3. The first-order valence-electron chi connectivity index (χ1n) is 10.5. The van der Waals surface area contributed by atoms with Crippen molar-refractivity contribution in [2.24, 2.45) is 0 Å². The molecule has 2 aromatic carbocycles. The molecule has 0 aliphatic carbocycles. The van der Waals surface area contributed by atoms with Gasteiger partial charge in [0, 0.05) is 50.4 Å². The maximum Gasteiger partial charge on any atom is 0.338 e. The van der Waals surface area contributed by atoms with Crippen LogP contribution in [-0.4, -0.2) is 66.5 Å². The van der Waals surface area contributed by atoms with Crippen LogP contribution in [0, 0.1) is 10.1 Å². The molecule has 1 amide bonds. The van der Waals surface area contributed by atoms with E-state index in [1.54, 1.807) is 18.9 Å². The monoisotopic (exact) mass is 441 g/mol. The summed E-state index contributed by atoms with van der Waals surface area (Å²) in [6.45, 7) is 5.09. The average molecular weight is 441 g/mol. The fraction of sp³-hybridized carbons (Fsp3) is 0.391. The minimum Gasteiger partial charge on any atom is -0.497 e. The first kappa shape index (κ1) is 23.2. The molecule has 0 aromatic heterocycles. The second-order valence-electron chi connectivity index (χ2n) is 7.52. The number of nitro benzene ring substituents is 1. The van der Waals surface area contributed by atoms with E-state index < -0.39 is 10.9 Å². The van der Waals surface area contributed by atoms with Gasteiger partial charge in [0.25, 0.3) is 11.6 Å². The molecule has 1 saturated heterocycles. The second kappa shape index (κ2) is 10.7. The Morgan fingerprint density at radius 2 is 1.75 bits per heavy atom. The predicted octanol–water partition coefficient (Wildman–Crippen LogP) is 3.13. The molecule has 9 nitrogen and oxygen atoms in total. The van der Waals surface area contributed by atoms with Gasteiger partial charge < -0.3 is 14.4 Å². The van der Waals surface area contributed by atoms with Gasteiger partial charge in [0.15, 0.2) is 0 Å². The van der Waals surface area contributed by atoms with Crippen LogP contribution in [0.5, 0.6) is 5.75 Å². The SMILES string of the molecule is CCOC(=O)c1cc(C(=O)N2CCCN(Cc3ccc(OC)cc3)CC2)cc([N+](=O)[O-])c1. The number of esters is 1. The number of ether oxygens (including phenoxy) is 2. The fourth-order valence-electron chi connectivity index (χ4n) is 3.68. The molecule has 0 atom stereocenters. The maximum absolute atomic E-state index is 13.1. The number of hydrogen-bond acceptors (Lipinski definition) is 7. The van der Waals surface area contributed by atoms with Gasteiger partial charge in [-0.3, -0.25) is 19.8 Å². The molecule has 1 aliphatic rings. The normalized spacial score (nSPS) is 14.5. The summed E-state index contributed by atoms with van der Waals surface area (Å²) in [6.07, 6.45) is 0.779. The molecule has 9 heteroatoms. The third-order valence-corrected chi connectivity index (χ3v) is 5.33. The highest BCUT2D eigenvalue weighted by atomic mass is 16.6. The van der Waals surface area contributed by atoms with Gasteiger partial charge in [0.1, 0.15) is 5.75 Å². The fourth-order valence-corrected chi connectivity index (χ4v) is 3.68. The summed E-state index contributed by atoms with van der Waals surface area (Å²) in [5.41, 5.74) is 0.962. The van der Waals surface area contributed by atoms with E-state index in [0.29, 0.717) is 19.6 Å². The molecule has 2 aromatic rings. The summed E-state index contributed by atoms with van der Waals surface area (Å²) < 4.78 is 10.1. The summed E-state index contributed by atoms with van der Waals surface area (Å²) >= 11 is 0. The van der Waals surface area contributed by atoms with E-state index in [0.717, 1.165) is 36.9 Å². The minimum absolute atomic E-state index is 0.000328. The third kappa shape index (κ3) is 5.82. The van der Waals surface area contributed by atoms with Crippen LogP contribution < -0.4 is 4.74 Å². The van der Waals surface area contributed by atoms with E-state index in [-0.39, 0.29) is 29.3 Å². The molecule has 1 aliphatic heterocycles. The molecule has 32 heavy (non-hydrogen) atoms. The highest BCUT2D eigenvalue weighted by Gasteiger charge is 2.24. The molecule has 0 N–H and O–H groups in total. The van der Waals surface area contributed by atoms with Crippen molar-refractivity contribution in [1.29, 1.82) is 0 Å².